The summed E-state index contributed by atoms with van der Waals surface area (Å²) in [5, 5.41) is 13.2. The van der Waals surface area contributed by atoms with E-state index in [0.29, 0.717) is 13.1 Å². The third-order valence-electron chi connectivity index (χ3n) is 5.51. The monoisotopic (exact) mass is 345 g/mol. The zero-order valence-electron chi connectivity index (χ0n) is 15.0. The van der Waals surface area contributed by atoms with E-state index in [0.717, 1.165) is 36.7 Å². The number of hydrogen-bond acceptors (Lipinski definition) is 3. The molecule has 0 unspecified atom stereocenters. The SMILES string of the molecule is CCn1c(=O)n(CC(=O)NC[C@]2(C)CCCC[C@@H]2O)c2ccccc21. The number of aromatic nitrogens is 2. The molecule has 136 valence electrons. The van der Waals surface area contributed by atoms with Gasteiger partial charge in [0.15, 0.2) is 0 Å². The van der Waals surface area contributed by atoms with Crippen LogP contribution in [0.3, 0.4) is 0 Å². The third-order valence-corrected chi connectivity index (χ3v) is 5.51. The lowest BCUT2D eigenvalue weighted by atomic mass is 9.73. The van der Waals surface area contributed by atoms with Gasteiger partial charge in [-0.2, -0.15) is 0 Å². The Kier molecular flexibility index (Phi) is 4.99. The molecule has 1 aliphatic carbocycles. The average Bonchev–Trinajstić information content (AvgIpc) is 2.88. The molecular formula is C19H27N3O3. The molecule has 6 nitrogen and oxygen atoms in total. The van der Waals surface area contributed by atoms with Crippen molar-refractivity contribution >= 4 is 16.9 Å². The number of amides is 1. The summed E-state index contributed by atoms with van der Waals surface area (Å²) < 4.78 is 3.20. The molecule has 0 bridgehead atoms. The quantitative estimate of drug-likeness (QED) is 0.869. The van der Waals surface area contributed by atoms with Crippen molar-refractivity contribution in [3.63, 3.8) is 0 Å². The van der Waals surface area contributed by atoms with Crippen LogP contribution in [0.4, 0.5) is 0 Å². The highest BCUT2D eigenvalue weighted by Crippen LogP contribution is 2.35. The van der Waals surface area contributed by atoms with Crippen LogP contribution >= 0.6 is 0 Å². The molecule has 2 atom stereocenters. The maximum Gasteiger partial charge on any atom is 0.329 e. The highest BCUT2D eigenvalue weighted by atomic mass is 16.3. The number of carbonyl (C=O) groups excluding carboxylic acids is 1. The Balaban J connectivity index is 1.74. The van der Waals surface area contributed by atoms with Crippen molar-refractivity contribution in [2.24, 2.45) is 5.41 Å². The number of carbonyl (C=O) groups is 1. The molecule has 3 rings (SSSR count). The number of hydrogen-bond donors (Lipinski definition) is 2. The Hall–Kier alpha value is -2.08. The smallest absolute Gasteiger partial charge is 0.329 e. The zero-order chi connectivity index (χ0) is 18.0. The number of nitrogens with one attached hydrogen (secondary N) is 1. The lowest BCUT2D eigenvalue weighted by Gasteiger charge is -2.38. The Morgan fingerprint density at radius 1 is 1.28 bits per heavy atom. The standard InChI is InChI=1S/C19H27N3O3/c1-3-21-14-8-4-5-9-15(14)22(18(21)25)12-17(24)20-13-19(2)11-7-6-10-16(19)23/h4-5,8-9,16,23H,3,6-7,10-13H2,1-2H3,(H,20,24)/t16-,19-/m0/s1. The molecule has 0 saturated heterocycles. The van der Waals surface area contributed by atoms with Crippen molar-refractivity contribution in [1.82, 2.24) is 14.5 Å². The zero-order valence-corrected chi connectivity index (χ0v) is 15.0. The fourth-order valence-electron chi connectivity index (χ4n) is 3.82. The fourth-order valence-corrected chi connectivity index (χ4v) is 3.82. The van der Waals surface area contributed by atoms with Crippen molar-refractivity contribution in [2.45, 2.75) is 58.7 Å². The maximum absolute atomic E-state index is 12.6. The minimum absolute atomic E-state index is 0.00147. The molecule has 0 spiro atoms. The normalized spacial score (nSPS) is 23.7. The van der Waals surface area contributed by atoms with Gasteiger partial charge < -0.3 is 10.4 Å². The second-order valence-electron chi connectivity index (χ2n) is 7.29. The van der Waals surface area contributed by atoms with Crippen molar-refractivity contribution in [2.75, 3.05) is 6.54 Å². The van der Waals surface area contributed by atoms with Gasteiger partial charge in [0.05, 0.1) is 17.1 Å². The van der Waals surface area contributed by atoms with Gasteiger partial charge in [-0.3, -0.25) is 13.9 Å². The molecule has 6 heteroatoms. The van der Waals surface area contributed by atoms with Crippen LogP contribution in [0.2, 0.25) is 0 Å². The minimum atomic E-state index is -0.383. The van der Waals surface area contributed by atoms with E-state index in [4.69, 9.17) is 0 Å². The third kappa shape index (κ3) is 3.35. The molecule has 0 aliphatic heterocycles. The summed E-state index contributed by atoms with van der Waals surface area (Å²) >= 11 is 0. The van der Waals surface area contributed by atoms with Gasteiger partial charge in [-0.1, -0.05) is 31.9 Å². The van der Waals surface area contributed by atoms with Gasteiger partial charge in [0.1, 0.15) is 6.54 Å². The Morgan fingerprint density at radius 2 is 1.96 bits per heavy atom. The number of aryl methyl sites for hydroxylation is 1. The number of rotatable bonds is 5. The minimum Gasteiger partial charge on any atom is -0.392 e. The van der Waals surface area contributed by atoms with Gasteiger partial charge in [-0.25, -0.2) is 4.79 Å². The van der Waals surface area contributed by atoms with E-state index in [9.17, 15) is 14.7 Å². The van der Waals surface area contributed by atoms with E-state index in [-0.39, 0.29) is 29.7 Å². The van der Waals surface area contributed by atoms with Crippen LogP contribution in [-0.4, -0.2) is 32.8 Å². The van der Waals surface area contributed by atoms with E-state index in [1.54, 1.807) is 4.57 Å². The van der Waals surface area contributed by atoms with E-state index in [2.05, 4.69) is 5.32 Å². The van der Waals surface area contributed by atoms with Gasteiger partial charge in [0.2, 0.25) is 5.91 Å². The lowest BCUT2D eigenvalue weighted by molar-refractivity contribution is -0.122. The second kappa shape index (κ2) is 7.04. The number of fused-ring (bicyclic) bond motifs is 1. The number of imidazole rings is 1. The van der Waals surface area contributed by atoms with Crippen LogP contribution in [-0.2, 0) is 17.9 Å². The maximum atomic E-state index is 12.6. The van der Waals surface area contributed by atoms with E-state index >= 15 is 0 Å². The predicted molar refractivity (Wildman–Crippen MR) is 97.5 cm³/mol. The van der Waals surface area contributed by atoms with E-state index in [1.807, 2.05) is 38.1 Å². The van der Waals surface area contributed by atoms with Crippen molar-refractivity contribution < 1.29 is 9.90 Å². The van der Waals surface area contributed by atoms with Crippen LogP contribution < -0.4 is 11.0 Å². The molecule has 25 heavy (non-hydrogen) atoms. The average molecular weight is 345 g/mol. The van der Waals surface area contributed by atoms with Gasteiger partial charge in [0.25, 0.3) is 0 Å². The molecule has 1 fully saturated rings. The highest BCUT2D eigenvalue weighted by molar-refractivity contribution is 5.80. The fraction of sp³-hybridized carbons (Fsp3) is 0.579. The van der Waals surface area contributed by atoms with Crippen LogP contribution in [0.1, 0.15) is 39.5 Å². The topological polar surface area (TPSA) is 76.3 Å². The molecule has 1 heterocycles. The number of nitrogens with zero attached hydrogens (tertiary/aromatic N) is 2. The Bertz CT molecular complexity index is 823. The summed E-state index contributed by atoms with van der Waals surface area (Å²) in [5.74, 6) is -0.194. The van der Waals surface area contributed by atoms with E-state index < -0.39 is 0 Å². The molecule has 1 saturated carbocycles. The second-order valence-corrected chi connectivity index (χ2v) is 7.29. The van der Waals surface area contributed by atoms with Crippen LogP contribution in [0.5, 0.6) is 0 Å². The van der Waals surface area contributed by atoms with Crippen molar-refractivity contribution in [1.29, 1.82) is 0 Å². The first-order chi connectivity index (χ1) is 12.0. The van der Waals surface area contributed by atoms with Crippen molar-refractivity contribution in [3.8, 4) is 0 Å². The summed E-state index contributed by atoms with van der Waals surface area (Å²) in [5.41, 5.74) is 1.17. The Labute approximate surface area is 147 Å². The number of aliphatic hydroxyl groups is 1. The van der Waals surface area contributed by atoms with Gasteiger partial charge in [0, 0.05) is 18.5 Å². The summed E-state index contributed by atoms with van der Waals surface area (Å²) in [6.45, 7) is 4.95. The first-order valence-corrected chi connectivity index (χ1v) is 9.09. The van der Waals surface area contributed by atoms with Crippen LogP contribution in [0.25, 0.3) is 11.0 Å². The van der Waals surface area contributed by atoms with Crippen LogP contribution in [0.15, 0.2) is 29.1 Å². The lowest BCUT2D eigenvalue weighted by Crippen LogP contribution is -2.46. The largest absolute Gasteiger partial charge is 0.392 e. The predicted octanol–water partition coefficient (Wildman–Crippen LogP) is 1.88. The molecule has 1 aromatic heterocycles. The molecule has 0 radical (unpaired) electrons. The first kappa shape index (κ1) is 17.7. The first-order valence-electron chi connectivity index (χ1n) is 9.09. The summed E-state index contributed by atoms with van der Waals surface area (Å²) in [6, 6.07) is 7.52. The molecule has 1 aliphatic rings. The highest BCUT2D eigenvalue weighted by Gasteiger charge is 2.35. The number of benzene rings is 1. The van der Waals surface area contributed by atoms with Gasteiger partial charge >= 0.3 is 5.69 Å². The van der Waals surface area contributed by atoms with Crippen molar-refractivity contribution in [3.05, 3.63) is 34.7 Å². The van der Waals surface area contributed by atoms with E-state index in [1.165, 1.54) is 4.57 Å². The molecule has 1 aromatic carbocycles. The van der Waals surface area contributed by atoms with Gasteiger partial charge in [-0.15, -0.1) is 0 Å². The summed E-state index contributed by atoms with van der Waals surface area (Å²) in [4.78, 5) is 25.0. The van der Waals surface area contributed by atoms with Crippen LogP contribution in [0, 0.1) is 5.41 Å². The number of aliphatic hydroxyl groups excluding tert-OH is 1. The molecular weight excluding hydrogens is 318 g/mol. The number of para-hydroxylation sites is 2. The van der Waals surface area contributed by atoms with Gasteiger partial charge in [-0.05, 0) is 31.9 Å². The molecule has 2 aromatic rings. The molecule has 2 N–H and O–H groups in total. The summed E-state index contributed by atoms with van der Waals surface area (Å²) in [7, 11) is 0. The Morgan fingerprint density at radius 3 is 2.60 bits per heavy atom. The molecule has 1 amide bonds. The summed E-state index contributed by atoms with van der Waals surface area (Å²) in [6.07, 6.45) is 3.43.